The third-order valence-electron chi connectivity index (χ3n) is 8.43. The number of rotatable bonds is 9. The summed E-state index contributed by atoms with van der Waals surface area (Å²) >= 11 is 5.96. The molecule has 0 fully saturated rings. The number of sulfone groups is 1. The lowest BCUT2D eigenvalue weighted by Gasteiger charge is -2.27. The maximum Gasteiger partial charge on any atom is 0.178 e. The fourth-order valence-electron chi connectivity index (χ4n) is 6.40. The summed E-state index contributed by atoms with van der Waals surface area (Å²) in [7, 11) is -3.40. The topological polar surface area (TPSA) is 60.4 Å². The van der Waals surface area contributed by atoms with E-state index in [1.807, 2.05) is 6.07 Å². The maximum atomic E-state index is 14.0. The minimum atomic E-state index is -3.40. The molecular weight excluding hydrogens is 552 g/mol. The van der Waals surface area contributed by atoms with Gasteiger partial charge >= 0.3 is 0 Å². The average molecular weight is 591 g/mol. The van der Waals surface area contributed by atoms with E-state index in [1.54, 1.807) is 24.3 Å². The van der Waals surface area contributed by atoms with Crippen LogP contribution in [0.5, 0.6) is 0 Å². The number of aryl methyl sites for hydroxylation is 2. The normalized spacial score (nSPS) is 19.1. The molecule has 0 N–H and O–H groups in total. The van der Waals surface area contributed by atoms with E-state index in [-0.39, 0.29) is 23.4 Å². The number of allylic oxidation sites excluding steroid dienone is 2. The zero-order valence-electron chi connectivity index (χ0n) is 24.4. The van der Waals surface area contributed by atoms with Gasteiger partial charge in [0.05, 0.1) is 22.8 Å². The van der Waals surface area contributed by atoms with E-state index in [0.717, 1.165) is 47.3 Å². The monoisotopic (exact) mass is 590 g/mol. The van der Waals surface area contributed by atoms with Crippen LogP contribution in [-0.4, -0.2) is 26.6 Å². The van der Waals surface area contributed by atoms with Gasteiger partial charge in [-0.3, -0.25) is 4.79 Å². The molecule has 3 aromatic carbocycles. The van der Waals surface area contributed by atoms with Crippen molar-refractivity contribution in [2.75, 3.05) is 12.4 Å². The number of Topliss-reactive ketones (excluding diaryl/α,β-unsaturated/α-hetero) is 1. The highest BCUT2D eigenvalue weighted by Gasteiger charge is 2.37. The van der Waals surface area contributed by atoms with Crippen molar-refractivity contribution in [1.29, 1.82) is 0 Å². The Morgan fingerprint density at radius 2 is 1.63 bits per heavy atom. The Labute approximate surface area is 249 Å². The number of ether oxygens (including phenoxy) is 1. The van der Waals surface area contributed by atoms with Crippen LogP contribution in [0.1, 0.15) is 60.1 Å². The Morgan fingerprint density at radius 3 is 2.32 bits per heavy atom. The van der Waals surface area contributed by atoms with Crippen molar-refractivity contribution in [2.45, 2.75) is 64.7 Å². The zero-order chi connectivity index (χ0) is 29.3. The molecular formula is C35H39ClO4S. The van der Waals surface area contributed by atoms with Gasteiger partial charge < -0.3 is 4.74 Å². The molecule has 0 heterocycles. The Balaban J connectivity index is 1.35. The predicted molar refractivity (Wildman–Crippen MR) is 166 cm³/mol. The minimum Gasteiger partial charge on any atom is -0.497 e. The molecule has 2 unspecified atom stereocenters. The molecule has 2 atom stereocenters. The van der Waals surface area contributed by atoms with Crippen LogP contribution in [0.25, 0.3) is 5.57 Å². The van der Waals surface area contributed by atoms with E-state index in [1.165, 1.54) is 16.7 Å². The van der Waals surface area contributed by atoms with Crippen molar-refractivity contribution in [1.82, 2.24) is 0 Å². The molecule has 41 heavy (non-hydrogen) atoms. The smallest absolute Gasteiger partial charge is 0.178 e. The third-order valence-corrected chi connectivity index (χ3v) is 10.6. The molecule has 0 amide bonds. The lowest BCUT2D eigenvalue weighted by Crippen LogP contribution is -2.24. The summed E-state index contributed by atoms with van der Waals surface area (Å²) in [4.78, 5) is 14.3. The number of carbonyl (C=O) groups excluding carboxylic acids is 1. The molecule has 5 rings (SSSR count). The van der Waals surface area contributed by atoms with E-state index in [0.29, 0.717) is 35.3 Å². The van der Waals surface area contributed by atoms with E-state index in [4.69, 9.17) is 16.3 Å². The molecule has 4 nitrogen and oxygen atoms in total. The highest BCUT2D eigenvalue weighted by atomic mass is 35.5. The Hall–Kier alpha value is -2.89. The van der Waals surface area contributed by atoms with E-state index >= 15 is 0 Å². The molecule has 0 bridgehead atoms. The SMILES string of the molecule is Cc1cccc(C)c1C1=C(OCC(C)C)CC(Cc2cccc3c2CCC(CS(=O)(=O)c2ccc(Cl)cc2)C3)C1=O. The fraction of sp³-hybridized carbons (Fsp3) is 0.400. The van der Waals surface area contributed by atoms with Crippen molar-refractivity contribution in [2.24, 2.45) is 17.8 Å². The second-order valence-electron chi connectivity index (χ2n) is 12.1. The van der Waals surface area contributed by atoms with Gasteiger partial charge in [0.25, 0.3) is 0 Å². The molecule has 0 spiro atoms. The van der Waals surface area contributed by atoms with Crippen LogP contribution in [0, 0.1) is 31.6 Å². The van der Waals surface area contributed by atoms with Crippen molar-refractivity contribution in [3.63, 3.8) is 0 Å². The van der Waals surface area contributed by atoms with Gasteiger partial charge in [0, 0.05) is 17.4 Å². The molecule has 3 aromatic rings. The minimum absolute atomic E-state index is 0.0554. The summed E-state index contributed by atoms with van der Waals surface area (Å²) < 4.78 is 32.5. The first kappa shape index (κ1) is 29.6. The zero-order valence-corrected chi connectivity index (χ0v) is 25.9. The first-order valence-corrected chi connectivity index (χ1v) is 16.6. The molecule has 2 aliphatic rings. The standard InChI is InChI=1S/C35H39ClO4S/c1-22(2)20-40-32-19-28(35(37)34(32)33-23(3)7-5-8-24(33)4)18-27-10-6-9-26-17-25(11-16-31(26)27)21-41(38,39)30-14-12-29(36)13-15-30/h5-10,12-15,22,25,28H,11,16-21H2,1-4H3. The quantitative estimate of drug-likeness (QED) is 0.256. The van der Waals surface area contributed by atoms with Crippen molar-refractivity contribution in [3.8, 4) is 0 Å². The summed E-state index contributed by atoms with van der Waals surface area (Å²) in [6.45, 7) is 8.96. The summed E-state index contributed by atoms with van der Waals surface area (Å²) in [6, 6.07) is 18.9. The molecule has 0 saturated carbocycles. The number of hydrogen-bond acceptors (Lipinski definition) is 4. The lowest BCUT2D eigenvalue weighted by molar-refractivity contribution is -0.116. The number of carbonyl (C=O) groups is 1. The van der Waals surface area contributed by atoms with Gasteiger partial charge in [-0.15, -0.1) is 0 Å². The van der Waals surface area contributed by atoms with Gasteiger partial charge in [-0.25, -0.2) is 8.42 Å². The lowest BCUT2D eigenvalue weighted by atomic mass is 9.80. The van der Waals surface area contributed by atoms with Crippen LogP contribution >= 0.6 is 11.6 Å². The molecule has 0 aromatic heterocycles. The van der Waals surface area contributed by atoms with Crippen LogP contribution in [0.15, 0.2) is 71.3 Å². The van der Waals surface area contributed by atoms with Gasteiger partial charge in [-0.1, -0.05) is 61.8 Å². The Morgan fingerprint density at radius 1 is 0.951 bits per heavy atom. The van der Waals surface area contributed by atoms with Crippen molar-refractivity contribution >= 4 is 32.8 Å². The van der Waals surface area contributed by atoms with Gasteiger partial charge in [-0.2, -0.15) is 0 Å². The van der Waals surface area contributed by atoms with Crippen molar-refractivity contribution < 1.29 is 17.9 Å². The molecule has 216 valence electrons. The summed E-state index contributed by atoms with van der Waals surface area (Å²) in [5.41, 5.74) is 7.64. The Bertz CT molecular complexity index is 1560. The molecule has 2 aliphatic carbocycles. The molecule has 0 aliphatic heterocycles. The van der Waals surface area contributed by atoms with E-state index < -0.39 is 9.84 Å². The van der Waals surface area contributed by atoms with E-state index in [2.05, 4.69) is 58.0 Å². The number of benzene rings is 3. The van der Waals surface area contributed by atoms with Gasteiger partial charge in [0.15, 0.2) is 15.6 Å². The van der Waals surface area contributed by atoms with Crippen LogP contribution in [0.2, 0.25) is 5.02 Å². The second kappa shape index (κ2) is 12.1. The number of fused-ring (bicyclic) bond motifs is 1. The van der Waals surface area contributed by atoms with Crippen LogP contribution < -0.4 is 0 Å². The third kappa shape index (κ3) is 6.47. The number of ketones is 1. The predicted octanol–water partition coefficient (Wildman–Crippen LogP) is 7.75. The molecule has 0 saturated heterocycles. The highest BCUT2D eigenvalue weighted by molar-refractivity contribution is 7.91. The number of hydrogen-bond donors (Lipinski definition) is 0. The largest absolute Gasteiger partial charge is 0.497 e. The van der Waals surface area contributed by atoms with Gasteiger partial charge in [-0.05, 0) is 109 Å². The average Bonchev–Trinajstić information content (AvgIpc) is 3.22. The molecule has 6 heteroatoms. The van der Waals surface area contributed by atoms with Crippen LogP contribution in [0.3, 0.4) is 0 Å². The summed E-state index contributed by atoms with van der Waals surface area (Å²) in [5.74, 6) is 1.37. The maximum absolute atomic E-state index is 14.0. The fourth-order valence-corrected chi connectivity index (χ4v) is 8.18. The second-order valence-corrected chi connectivity index (χ2v) is 14.6. The summed E-state index contributed by atoms with van der Waals surface area (Å²) in [5, 5.41) is 0.527. The van der Waals surface area contributed by atoms with Crippen LogP contribution in [-0.2, 0) is 38.6 Å². The highest BCUT2D eigenvalue weighted by Crippen LogP contribution is 2.41. The number of halogens is 1. The Kier molecular flexibility index (Phi) is 8.77. The summed E-state index contributed by atoms with van der Waals surface area (Å²) in [6.07, 6.45) is 3.63. The first-order valence-electron chi connectivity index (χ1n) is 14.6. The molecule has 0 radical (unpaired) electrons. The first-order chi connectivity index (χ1) is 19.5. The van der Waals surface area contributed by atoms with Crippen LogP contribution in [0.4, 0.5) is 0 Å². The van der Waals surface area contributed by atoms with E-state index in [9.17, 15) is 13.2 Å². The van der Waals surface area contributed by atoms with Crippen molar-refractivity contribution in [3.05, 3.63) is 105 Å². The van der Waals surface area contributed by atoms with Gasteiger partial charge in [0.2, 0.25) is 0 Å². The van der Waals surface area contributed by atoms with Gasteiger partial charge in [0.1, 0.15) is 5.76 Å².